The lowest BCUT2D eigenvalue weighted by atomic mass is 9.66. The van der Waals surface area contributed by atoms with Gasteiger partial charge >= 0.3 is 0 Å². The minimum absolute atomic E-state index is 0.0421. The van der Waals surface area contributed by atoms with Crippen molar-refractivity contribution in [1.29, 1.82) is 5.26 Å². The van der Waals surface area contributed by atoms with E-state index in [1.54, 1.807) is 18.5 Å². The first-order valence-electron chi connectivity index (χ1n) is 9.64. The Morgan fingerprint density at radius 1 is 1.10 bits per heavy atom. The molecule has 7 heteroatoms. The predicted molar refractivity (Wildman–Crippen MR) is 110 cm³/mol. The zero-order chi connectivity index (χ0) is 19.7. The molecule has 0 bridgehead atoms. The van der Waals surface area contributed by atoms with Crippen LogP contribution < -0.4 is 5.32 Å². The number of hydrogen-bond donors (Lipinski definition) is 2. The van der Waals surface area contributed by atoms with Gasteiger partial charge in [-0.25, -0.2) is 0 Å². The molecule has 3 aromatic heterocycles. The molecule has 1 saturated carbocycles. The molecule has 1 aromatic carbocycles. The summed E-state index contributed by atoms with van der Waals surface area (Å²) in [6.07, 6.45) is 6.80. The first-order valence-corrected chi connectivity index (χ1v) is 9.64. The van der Waals surface area contributed by atoms with Crippen molar-refractivity contribution in [3.05, 3.63) is 66.1 Å². The number of benzene rings is 1. The normalized spacial score (nSPS) is 14.9. The van der Waals surface area contributed by atoms with Crippen molar-refractivity contribution >= 4 is 16.7 Å². The van der Waals surface area contributed by atoms with Crippen LogP contribution in [0.15, 0.2) is 54.9 Å². The second-order valence-corrected chi connectivity index (χ2v) is 7.50. The van der Waals surface area contributed by atoms with Crippen molar-refractivity contribution in [3.63, 3.8) is 0 Å². The van der Waals surface area contributed by atoms with Crippen molar-refractivity contribution in [2.75, 3.05) is 11.9 Å². The third-order valence-corrected chi connectivity index (χ3v) is 5.75. The number of nitrogens with zero attached hydrogens (tertiary/aromatic N) is 5. The maximum atomic E-state index is 9.18. The van der Waals surface area contributed by atoms with Gasteiger partial charge in [-0.15, -0.1) is 10.2 Å². The van der Waals surface area contributed by atoms with Crippen LogP contribution in [0.25, 0.3) is 22.2 Å². The lowest BCUT2D eigenvalue weighted by Crippen LogP contribution is -2.41. The van der Waals surface area contributed by atoms with E-state index in [-0.39, 0.29) is 5.41 Å². The van der Waals surface area contributed by atoms with Crippen molar-refractivity contribution in [3.8, 4) is 17.3 Å². The summed E-state index contributed by atoms with van der Waals surface area (Å²) >= 11 is 0. The highest BCUT2D eigenvalue weighted by atomic mass is 15.2. The Labute approximate surface area is 167 Å². The molecule has 0 atom stereocenters. The highest BCUT2D eigenvalue weighted by Gasteiger charge is 2.40. The number of H-pyrrole nitrogens is 1. The summed E-state index contributed by atoms with van der Waals surface area (Å²) < 4.78 is 0. The van der Waals surface area contributed by atoms with Crippen LogP contribution in [0.5, 0.6) is 0 Å². The monoisotopic (exact) mass is 381 g/mol. The molecule has 7 nitrogen and oxygen atoms in total. The zero-order valence-electron chi connectivity index (χ0n) is 15.8. The minimum atomic E-state index is -0.0421. The molecular formula is C22H19N7. The van der Waals surface area contributed by atoms with E-state index in [2.05, 4.69) is 36.8 Å². The zero-order valence-corrected chi connectivity index (χ0v) is 15.8. The van der Waals surface area contributed by atoms with Crippen LogP contribution in [0, 0.1) is 11.3 Å². The molecule has 4 aromatic rings. The van der Waals surface area contributed by atoms with E-state index in [0.717, 1.165) is 53.1 Å². The second kappa shape index (κ2) is 6.99. The average Bonchev–Trinajstić information content (AvgIpc) is 3.21. The third-order valence-electron chi connectivity index (χ3n) is 5.75. The quantitative estimate of drug-likeness (QED) is 0.545. The predicted octanol–water partition coefficient (Wildman–Crippen LogP) is 3.82. The molecule has 0 radical (unpaired) electrons. The van der Waals surface area contributed by atoms with E-state index in [4.69, 9.17) is 0 Å². The number of nitriles is 1. The third kappa shape index (κ3) is 3.19. The van der Waals surface area contributed by atoms with E-state index in [9.17, 15) is 5.26 Å². The van der Waals surface area contributed by atoms with Crippen LogP contribution in [-0.4, -0.2) is 31.9 Å². The highest BCUT2D eigenvalue weighted by Crippen LogP contribution is 2.43. The topological polar surface area (TPSA) is 103 Å². The summed E-state index contributed by atoms with van der Waals surface area (Å²) in [5.74, 6) is 0.737. The molecule has 29 heavy (non-hydrogen) atoms. The van der Waals surface area contributed by atoms with E-state index < -0.39 is 0 Å². The SMILES string of the molecule is N#Cc1ccnc(C2(CNc3ccc(-c4ccc5[nH]ncc5c4)nn3)CCC2)c1. The smallest absolute Gasteiger partial charge is 0.148 e. The van der Waals surface area contributed by atoms with E-state index in [1.165, 1.54) is 6.42 Å². The summed E-state index contributed by atoms with van der Waals surface area (Å²) in [6, 6.07) is 15.8. The van der Waals surface area contributed by atoms with Crippen LogP contribution in [0.4, 0.5) is 5.82 Å². The molecule has 1 aliphatic rings. The summed E-state index contributed by atoms with van der Waals surface area (Å²) in [6.45, 7) is 0.726. The molecule has 5 rings (SSSR count). The fourth-order valence-electron chi connectivity index (χ4n) is 3.86. The Hall–Kier alpha value is -3.79. The molecule has 0 saturated heterocycles. The Morgan fingerprint density at radius 3 is 2.79 bits per heavy atom. The van der Waals surface area contributed by atoms with Crippen molar-refractivity contribution in [2.45, 2.75) is 24.7 Å². The second-order valence-electron chi connectivity index (χ2n) is 7.50. The van der Waals surface area contributed by atoms with Gasteiger partial charge in [0.05, 0.1) is 29.0 Å². The van der Waals surface area contributed by atoms with Gasteiger partial charge in [-0.1, -0.05) is 12.5 Å². The fraction of sp³-hybridized carbons (Fsp3) is 0.227. The number of nitrogens with one attached hydrogen (secondary N) is 2. The molecule has 0 unspecified atom stereocenters. The molecular weight excluding hydrogens is 362 g/mol. The van der Waals surface area contributed by atoms with Gasteiger partial charge in [0.1, 0.15) is 5.82 Å². The minimum Gasteiger partial charge on any atom is -0.368 e. The van der Waals surface area contributed by atoms with Gasteiger partial charge in [-0.2, -0.15) is 10.4 Å². The molecule has 0 aliphatic heterocycles. The molecule has 0 amide bonds. The lowest BCUT2D eigenvalue weighted by molar-refractivity contribution is 0.253. The number of rotatable bonds is 5. The Morgan fingerprint density at radius 2 is 2.03 bits per heavy atom. The number of hydrogen-bond acceptors (Lipinski definition) is 6. The van der Waals surface area contributed by atoms with Crippen LogP contribution >= 0.6 is 0 Å². The van der Waals surface area contributed by atoms with Crippen molar-refractivity contribution < 1.29 is 0 Å². The first kappa shape index (κ1) is 17.3. The van der Waals surface area contributed by atoms with Crippen LogP contribution in [0.1, 0.15) is 30.5 Å². The van der Waals surface area contributed by atoms with Gasteiger partial charge in [-0.3, -0.25) is 10.1 Å². The molecule has 0 spiro atoms. The van der Waals surface area contributed by atoms with Gasteiger partial charge in [0.25, 0.3) is 0 Å². The van der Waals surface area contributed by atoms with Crippen LogP contribution in [0.3, 0.4) is 0 Å². The molecule has 3 heterocycles. The summed E-state index contributed by atoms with van der Waals surface area (Å²) in [4.78, 5) is 4.53. The Kier molecular flexibility index (Phi) is 4.17. The molecule has 1 fully saturated rings. The number of aromatic amines is 1. The van der Waals surface area contributed by atoms with E-state index >= 15 is 0 Å². The first-order chi connectivity index (χ1) is 14.3. The van der Waals surface area contributed by atoms with Gasteiger partial charge in [-0.05, 0) is 49.2 Å². The maximum absolute atomic E-state index is 9.18. The molecule has 1 aliphatic carbocycles. The van der Waals surface area contributed by atoms with E-state index in [0.29, 0.717) is 5.56 Å². The van der Waals surface area contributed by atoms with Crippen LogP contribution in [-0.2, 0) is 5.41 Å². The summed E-state index contributed by atoms with van der Waals surface area (Å²) in [5.41, 5.74) is 4.42. The summed E-state index contributed by atoms with van der Waals surface area (Å²) in [5, 5.41) is 29.4. The van der Waals surface area contributed by atoms with Crippen molar-refractivity contribution in [1.82, 2.24) is 25.4 Å². The van der Waals surface area contributed by atoms with Crippen LogP contribution in [0.2, 0.25) is 0 Å². The molecule has 142 valence electrons. The largest absolute Gasteiger partial charge is 0.368 e. The lowest BCUT2D eigenvalue weighted by Gasteiger charge is -2.41. The average molecular weight is 381 g/mol. The fourth-order valence-corrected chi connectivity index (χ4v) is 3.86. The number of fused-ring (bicyclic) bond motifs is 1. The number of aromatic nitrogens is 5. The van der Waals surface area contributed by atoms with Gasteiger partial charge in [0.2, 0.25) is 0 Å². The van der Waals surface area contributed by atoms with E-state index in [1.807, 2.05) is 36.4 Å². The standard InChI is InChI=1S/C22H19N7/c23-12-15-6-9-24-20(10-15)22(7-1-8-22)14-25-21-5-4-18(28-29-21)16-2-3-19-17(11-16)13-26-27-19/h2-6,9-11,13H,1,7-8,14H2,(H,25,29)(H,26,27). The Balaban J connectivity index is 1.32. The number of anilines is 1. The molecule has 2 N–H and O–H groups in total. The maximum Gasteiger partial charge on any atom is 0.148 e. The highest BCUT2D eigenvalue weighted by molar-refractivity contribution is 5.83. The number of pyridine rings is 1. The summed E-state index contributed by atoms with van der Waals surface area (Å²) in [7, 11) is 0. The Bertz CT molecular complexity index is 1200. The van der Waals surface area contributed by atoms with Crippen molar-refractivity contribution in [2.24, 2.45) is 0 Å². The van der Waals surface area contributed by atoms with Gasteiger partial charge in [0, 0.05) is 34.8 Å². The van der Waals surface area contributed by atoms with Gasteiger partial charge in [0.15, 0.2) is 0 Å². The van der Waals surface area contributed by atoms with Gasteiger partial charge < -0.3 is 5.32 Å².